The molecule has 0 aromatic carbocycles. The first-order chi connectivity index (χ1) is 4.39. The van der Waals surface area contributed by atoms with Crippen molar-refractivity contribution in [1.82, 2.24) is 0 Å². The third kappa shape index (κ3) is 3.50. The van der Waals surface area contributed by atoms with E-state index in [4.69, 9.17) is 0 Å². The molecule has 1 fully saturated rings. The molecule has 0 amide bonds. The van der Waals surface area contributed by atoms with Crippen molar-refractivity contribution in [3.8, 4) is 0 Å². The van der Waals surface area contributed by atoms with Crippen LogP contribution < -0.4 is 0 Å². The van der Waals surface area contributed by atoms with Crippen LogP contribution in [0.25, 0.3) is 0 Å². The topological polar surface area (TPSA) is 0 Å². The van der Waals surface area contributed by atoms with E-state index < -0.39 is 0 Å². The van der Waals surface area contributed by atoms with Gasteiger partial charge < -0.3 is 0 Å². The van der Waals surface area contributed by atoms with Crippen molar-refractivity contribution in [2.24, 2.45) is 0 Å². The number of hydrogen-bond donors (Lipinski definition) is 0. The van der Waals surface area contributed by atoms with Crippen LogP contribution in [0.1, 0.15) is 44.9 Å². The predicted octanol–water partition coefficient (Wildman–Crippen LogP) is 2.15. The Morgan fingerprint density at radius 1 is 0.778 bits per heavy atom. The van der Waals surface area contributed by atoms with Crippen LogP contribution in [0.5, 0.6) is 0 Å². The fraction of sp³-hybridized carbons (Fsp3) is 1.00. The molecule has 0 unspecified atom stereocenters. The summed E-state index contributed by atoms with van der Waals surface area (Å²) in [6.45, 7) is 0. The van der Waals surface area contributed by atoms with Crippen LogP contribution in [0.2, 0.25) is 3.86 Å². The van der Waals surface area contributed by atoms with Gasteiger partial charge in [-0.1, -0.05) is 0 Å². The van der Waals surface area contributed by atoms with Crippen LogP contribution in [0.4, 0.5) is 0 Å². The Kier molecular flexibility index (Phi) is 4.05. The van der Waals surface area contributed by atoms with E-state index >= 15 is 0 Å². The molecule has 54 valence electrons. The molecule has 1 saturated carbocycles. The molecule has 0 nitrogen and oxygen atoms in total. The quantitative estimate of drug-likeness (QED) is 0.564. The van der Waals surface area contributed by atoms with E-state index in [-0.39, 0.29) is 0 Å². The van der Waals surface area contributed by atoms with E-state index in [0.29, 0.717) is 0 Å². The minimum absolute atomic E-state index is 1.15. The molecule has 0 spiro atoms. The van der Waals surface area contributed by atoms with Crippen molar-refractivity contribution >= 4 is 23.0 Å². The molecular weight excluding hydrogens is 218 g/mol. The Morgan fingerprint density at radius 2 is 1.22 bits per heavy atom. The van der Waals surface area contributed by atoms with Gasteiger partial charge in [-0.15, -0.1) is 0 Å². The van der Waals surface area contributed by atoms with Crippen molar-refractivity contribution in [3.05, 3.63) is 0 Å². The molecule has 0 N–H and O–H groups in total. The first-order valence-electron chi connectivity index (χ1n) is 4.15. The first kappa shape index (κ1) is 7.92. The SMILES string of the molecule is [SbH2][CH]1CCCCCCC1. The second-order valence-corrected chi connectivity index (χ2v) is 5.80. The van der Waals surface area contributed by atoms with Gasteiger partial charge in [0.2, 0.25) is 0 Å². The standard InChI is InChI=1S/C8H15.Sb.2H/c1-2-4-6-8-7-5-3-1;;;/h1H,2-8H2;;;. The van der Waals surface area contributed by atoms with Gasteiger partial charge in [-0.05, 0) is 0 Å². The molecule has 0 atom stereocenters. The van der Waals surface area contributed by atoms with Gasteiger partial charge in [0, 0.05) is 0 Å². The van der Waals surface area contributed by atoms with Crippen LogP contribution in [0, 0.1) is 0 Å². The van der Waals surface area contributed by atoms with Gasteiger partial charge in [0.05, 0.1) is 0 Å². The zero-order valence-electron chi connectivity index (χ0n) is 6.10. The van der Waals surface area contributed by atoms with Crippen LogP contribution in [-0.2, 0) is 0 Å². The van der Waals surface area contributed by atoms with Crippen molar-refractivity contribution in [3.63, 3.8) is 0 Å². The molecule has 0 aromatic rings. The van der Waals surface area contributed by atoms with Gasteiger partial charge in [-0.3, -0.25) is 0 Å². The summed E-state index contributed by atoms with van der Waals surface area (Å²) in [7, 11) is 0. The average molecular weight is 235 g/mol. The summed E-state index contributed by atoms with van der Waals surface area (Å²) < 4.78 is 1.15. The molecule has 0 bridgehead atoms. The zero-order chi connectivity index (χ0) is 6.53. The third-order valence-electron chi connectivity index (χ3n) is 2.15. The van der Waals surface area contributed by atoms with Gasteiger partial charge in [-0.2, -0.15) is 0 Å². The number of hydrogen-bond acceptors (Lipinski definition) is 0. The molecule has 1 rings (SSSR count). The Bertz CT molecular complexity index is 63.0. The van der Waals surface area contributed by atoms with Crippen LogP contribution in [0.15, 0.2) is 0 Å². The minimum atomic E-state index is 1.15. The summed E-state index contributed by atoms with van der Waals surface area (Å²) in [4.78, 5) is 0. The van der Waals surface area contributed by atoms with Crippen molar-refractivity contribution in [2.75, 3.05) is 0 Å². The second-order valence-electron chi connectivity index (χ2n) is 3.11. The molecule has 0 heterocycles. The van der Waals surface area contributed by atoms with Crippen LogP contribution in [0.3, 0.4) is 0 Å². The van der Waals surface area contributed by atoms with Crippen LogP contribution >= 0.6 is 0 Å². The molecular formula is C8H17Sb. The monoisotopic (exact) mass is 234 g/mol. The maximum absolute atomic E-state index is 1.54. The Morgan fingerprint density at radius 3 is 1.78 bits per heavy atom. The summed E-state index contributed by atoms with van der Waals surface area (Å²) in [5.41, 5.74) is 0. The molecule has 1 heteroatoms. The molecule has 0 aliphatic heterocycles. The molecule has 0 saturated heterocycles. The maximum atomic E-state index is 1.54. The van der Waals surface area contributed by atoms with Gasteiger partial charge in [0.1, 0.15) is 0 Å². The van der Waals surface area contributed by atoms with Gasteiger partial charge in [0.15, 0.2) is 0 Å². The molecule has 9 heavy (non-hydrogen) atoms. The van der Waals surface area contributed by atoms with Crippen molar-refractivity contribution in [2.45, 2.75) is 48.8 Å². The van der Waals surface area contributed by atoms with E-state index in [1.807, 2.05) is 0 Å². The molecule has 1 aliphatic rings. The summed E-state index contributed by atoms with van der Waals surface area (Å²) in [6.07, 6.45) is 10.7. The van der Waals surface area contributed by atoms with Gasteiger partial charge in [0.25, 0.3) is 0 Å². The van der Waals surface area contributed by atoms with Crippen LogP contribution in [-0.4, -0.2) is 23.0 Å². The predicted molar refractivity (Wildman–Crippen MR) is 44.6 cm³/mol. The van der Waals surface area contributed by atoms with Crippen molar-refractivity contribution < 1.29 is 0 Å². The third-order valence-corrected chi connectivity index (χ3v) is 4.05. The van der Waals surface area contributed by atoms with Gasteiger partial charge >= 0.3 is 71.8 Å². The van der Waals surface area contributed by atoms with Crippen molar-refractivity contribution in [1.29, 1.82) is 0 Å². The van der Waals surface area contributed by atoms with E-state index in [1.54, 1.807) is 12.8 Å². The van der Waals surface area contributed by atoms with E-state index in [1.165, 1.54) is 55.1 Å². The first-order valence-corrected chi connectivity index (χ1v) is 6.05. The molecule has 0 radical (unpaired) electrons. The Hall–Kier alpha value is 0.818. The fourth-order valence-corrected chi connectivity index (χ4v) is 2.83. The van der Waals surface area contributed by atoms with E-state index in [9.17, 15) is 0 Å². The molecule has 0 aromatic heterocycles. The van der Waals surface area contributed by atoms with E-state index in [0.717, 1.165) is 3.86 Å². The zero-order valence-corrected chi connectivity index (χ0v) is 9.40. The summed E-state index contributed by atoms with van der Waals surface area (Å²) in [5.74, 6) is 0. The summed E-state index contributed by atoms with van der Waals surface area (Å²) in [5, 5.41) is 0. The molecule has 1 aliphatic carbocycles. The number of rotatable bonds is 0. The van der Waals surface area contributed by atoms with Gasteiger partial charge in [-0.25, -0.2) is 0 Å². The normalized spacial score (nSPS) is 25.0. The Balaban J connectivity index is 2.12. The summed E-state index contributed by atoms with van der Waals surface area (Å²) in [6, 6.07) is 0. The fourth-order valence-electron chi connectivity index (χ4n) is 1.49. The summed E-state index contributed by atoms with van der Waals surface area (Å²) >= 11 is 1.51. The van der Waals surface area contributed by atoms with E-state index in [2.05, 4.69) is 0 Å². The Labute approximate surface area is 71.9 Å². The average Bonchev–Trinajstić information content (AvgIpc) is 1.79. The second kappa shape index (κ2) is 4.61.